The molecule has 2 aromatic rings. The Labute approximate surface area is 176 Å². The summed E-state index contributed by atoms with van der Waals surface area (Å²) in [5.41, 5.74) is -0.00901. The first-order valence-corrected chi connectivity index (χ1v) is 9.98. The monoisotopic (exact) mass is 444 g/mol. The van der Waals surface area contributed by atoms with Crippen LogP contribution >= 0.6 is 11.8 Å². The zero-order chi connectivity index (χ0) is 22.1. The van der Waals surface area contributed by atoms with Crippen LogP contribution in [0.25, 0.3) is 0 Å². The van der Waals surface area contributed by atoms with Crippen molar-refractivity contribution in [1.82, 2.24) is 9.88 Å². The number of carbonyl (C=O) groups is 1. The SMILES string of the molecule is CO.O=C(COc1ccc(CO)cc1)N1CCC(Sc2ncccc2C(F)(F)F)C1. The highest BCUT2D eigenvalue weighted by Crippen LogP contribution is 2.38. The minimum atomic E-state index is -4.45. The van der Waals surface area contributed by atoms with Crippen LogP contribution in [0.4, 0.5) is 13.2 Å². The van der Waals surface area contributed by atoms with E-state index >= 15 is 0 Å². The number of amides is 1. The van der Waals surface area contributed by atoms with Crippen LogP contribution in [0.5, 0.6) is 5.75 Å². The molecule has 3 rings (SSSR count). The van der Waals surface area contributed by atoms with E-state index in [1.165, 1.54) is 12.3 Å². The van der Waals surface area contributed by atoms with Gasteiger partial charge in [-0.2, -0.15) is 13.2 Å². The van der Waals surface area contributed by atoms with Crippen LogP contribution in [0, 0.1) is 0 Å². The van der Waals surface area contributed by atoms with Crippen LogP contribution in [0.2, 0.25) is 0 Å². The molecular formula is C20H23F3N2O4S. The molecule has 6 nitrogen and oxygen atoms in total. The number of hydrogen-bond acceptors (Lipinski definition) is 6. The summed E-state index contributed by atoms with van der Waals surface area (Å²) in [6.07, 6.45) is -2.52. The summed E-state index contributed by atoms with van der Waals surface area (Å²) >= 11 is 1.05. The average Bonchev–Trinajstić information content (AvgIpc) is 3.22. The molecule has 1 fully saturated rings. The third-order valence-electron chi connectivity index (χ3n) is 4.32. The molecule has 2 heterocycles. The van der Waals surface area contributed by atoms with E-state index in [9.17, 15) is 18.0 Å². The van der Waals surface area contributed by atoms with Crippen molar-refractivity contribution in [2.24, 2.45) is 0 Å². The lowest BCUT2D eigenvalue weighted by Crippen LogP contribution is -2.33. The molecule has 0 saturated carbocycles. The maximum absolute atomic E-state index is 13.1. The van der Waals surface area contributed by atoms with Crippen LogP contribution in [0.15, 0.2) is 47.6 Å². The summed E-state index contributed by atoms with van der Waals surface area (Å²) in [5, 5.41) is 15.8. The Bertz CT molecular complexity index is 818. The lowest BCUT2D eigenvalue weighted by molar-refractivity contribution is -0.140. The number of aliphatic hydroxyl groups excluding tert-OH is 2. The Kier molecular flexibility index (Phi) is 8.94. The van der Waals surface area contributed by atoms with E-state index in [1.807, 2.05) is 0 Å². The third kappa shape index (κ3) is 6.61. The van der Waals surface area contributed by atoms with Gasteiger partial charge in [-0.15, -0.1) is 11.8 Å². The first-order chi connectivity index (χ1) is 14.4. The Balaban J connectivity index is 0.00000155. The topological polar surface area (TPSA) is 82.9 Å². The number of ether oxygens (including phenoxy) is 1. The fourth-order valence-corrected chi connectivity index (χ4v) is 4.06. The number of alkyl halides is 3. The second-order valence-electron chi connectivity index (χ2n) is 6.31. The number of thioether (sulfide) groups is 1. The van der Waals surface area contributed by atoms with Crippen molar-refractivity contribution >= 4 is 17.7 Å². The van der Waals surface area contributed by atoms with Crippen molar-refractivity contribution in [3.63, 3.8) is 0 Å². The highest BCUT2D eigenvalue weighted by Gasteiger charge is 2.36. The van der Waals surface area contributed by atoms with Crippen LogP contribution in [0.3, 0.4) is 0 Å². The Morgan fingerprint density at radius 3 is 2.60 bits per heavy atom. The van der Waals surface area contributed by atoms with E-state index in [1.54, 1.807) is 29.2 Å². The van der Waals surface area contributed by atoms with Gasteiger partial charge in [0.05, 0.1) is 12.2 Å². The maximum atomic E-state index is 13.1. The van der Waals surface area contributed by atoms with Gasteiger partial charge >= 0.3 is 6.18 Å². The molecule has 164 valence electrons. The van der Waals surface area contributed by atoms with Crippen molar-refractivity contribution in [1.29, 1.82) is 0 Å². The van der Waals surface area contributed by atoms with E-state index in [0.717, 1.165) is 30.5 Å². The predicted molar refractivity (Wildman–Crippen MR) is 106 cm³/mol. The zero-order valence-electron chi connectivity index (χ0n) is 16.3. The molecule has 1 aromatic heterocycles. The summed E-state index contributed by atoms with van der Waals surface area (Å²) in [6, 6.07) is 9.02. The van der Waals surface area contributed by atoms with Gasteiger partial charge in [-0.05, 0) is 36.2 Å². The molecule has 0 bridgehead atoms. The molecule has 30 heavy (non-hydrogen) atoms. The predicted octanol–water partition coefficient (Wildman–Crippen LogP) is 2.97. The van der Waals surface area contributed by atoms with Gasteiger partial charge in [0.15, 0.2) is 6.61 Å². The first-order valence-electron chi connectivity index (χ1n) is 9.11. The van der Waals surface area contributed by atoms with Gasteiger partial charge in [0.2, 0.25) is 0 Å². The maximum Gasteiger partial charge on any atom is 0.419 e. The van der Waals surface area contributed by atoms with Crippen LogP contribution in [0.1, 0.15) is 17.5 Å². The number of aliphatic hydroxyl groups is 2. The minimum absolute atomic E-state index is 0.0606. The van der Waals surface area contributed by atoms with Crippen molar-refractivity contribution in [3.8, 4) is 5.75 Å². The van der Waals surface area contributed by atoms with Gasteiger partial charge in [-0.25, -0.2) is 4.98 Å². The standard InChI is InChI=1S/C19H19F3N2O3S.CH4O/c20-19(21,22)16-2-1-8-23-18(16)28-15-7-9-24(10-15)17(26)12-27-14-5-3-13(11-25)4-6-14;1-2/h1-6,8,15,25H,7,9-12H2;2H,1H3. The molecule has 0 radical (unpaired) electrons. The van der Waals surface area contributed by atoms with E-state index < -0.39 is 11.7 Å². The number of pyridine rings is 1. The number of rotatable bonds is 6. The van der Waals surface area contributed by atoms with Crippen molar-refractivity contribution < 1.29 is 32.9 Å². The number of carbonyl (C=O) groups excluding carboxylic acids is 1. The summed E-state index contributed by atoms with van der Waals surface area (Å²) in [7, 11) is 1.00. The Morgan fingerprint density at radius 1 is 1.27 bits per heavy atom. The van der Waals surface area contributed by atoms with Gasteiger partial charge in [0.25, 0.3) is 5.91 Å². The lowest BCUT2D eigenvalue weighted by Gasteiger charge is -2.17. The molecule has 0 spiro atoms. The normalized spacial score (nSPS) is 16.1. The highest BCUT2D eigenvalue weighted by atomic mass is 32.2. The molecule has 1 amide bonds. The minimum Gasteiger partial charge on any atom is -0.484 e. The van der Waals surface area contributed by atoms with E-state index in [-0.39, 0.29) is 29.4 Å². The molecule has 1 aromatic carbocycles. The van der Waals surface area contributed by atoms with Gasteiger partial charge in [-0.3, -0.25) is 4.79 Å². The molecule has 0 aliphatic carbocycles. The van der Waals surface area contributed by atoms with Gasteiger partial charge in [-0.1, -0.05) is 12.1 Å². The number of benzene rings is 1. The van der Waals surface area contributed by atoms with Crippen LogP contribution < -0.4 is 4.74 Å². The van der Waals surface area contributed by atoms with E-state index in [0.29, 0.717) is 25.3 Å². The Morgan fingerprint density at radius 2 is 1.97 bits per heavy atom. The number of halogens is 3. The molecule has 10 heteroatoms. The van der Waals surface area contributed by atoms with E-state index in [4.69, 9.17) is 14.9 Å². The molecular weight excluding hydrogens is 421 g/mol. The van der Waals surface area contributed by atoms with Gasteiger partial charge < -0.3 is 19.8 Å². The van der Waals surface area contributed by atoms with Gasteiger partial charge in [0.1, 0.15) is 10.8 Å². The lowest BCUT2D eigenvalue weighted by atomic mass is 10.2. The third-order valence-corrected chi connectivity index (χ3v) is 5.59. The van der Waals surface area contributed by atoms with Crippen molar-refractivity contribution in [2.75, 3.05) is 26.8 Å². The molecule has 1 unspecified atom stereocenters. The van der Waals surface area contributed by atoms with E-state index in [2.05, 4.69) is 4.98 Å². The average molecular weight is 444 g/mol. The zero-order valence-corrected chi connectivity index (χ0v) is 17.1. The van der Waals surface area contributed by atoms with Gasteiger partial charge in [0, 0.05) is 31.6 Å². The second kappa shape index (κ2) is 11.2. The molecule has 1 atom stereocenters. The number of nitrogens with zero attached hydrogens (tertiary/aromatic N) is 2. The van der Waals surface area contributed by atoms with Crippen molar-refractivity contribution in [3.05, 3.63) is 53.7 Å². The number of likely N-dealkylation sites (tertiary alicyclic amines) is 1. The summed E-state index contributed by atoms with van der Waals surface area (Å²) in [6.45, 7) is 0.604. The largest absolute Gasteiger partial charge is 0.484 e. The first kappa shape index (κ1) is 24.0. The molecule has 1 saturated heterocycles. The number of hydrogen-bond donors (Lipinski definition) is 2. The summed E-state index contributed by atoms with van der Waals surface area (Å²) < 4.78 is 44.7. The summed E-state index contributed by atoms with van der Waals surface area (Å²) in [4.78, 5) is 17.8. The molecule has 2 N–H and O–H groups in total. The Hall–Kier alpha value is -2.30. The van der Waals surface area contributed by atoms with Crippen molar-refractivity contribution in [2.45, 2.75) is 29.5 Å². The molecule has 1 aliphatic heterocycles. The second-order valence-corrected chi connectivity index (χ2v) is 7.60. The fraction of sp³-hybridized carbons (Fsp3) is 0.400. The quantitative estimate of drug-likeness (QED) is 0.713. The number of aromatic nitrogens is 1. The summed E-state index contributed by atoms with van der Waals surface area (Å²) in [5.74, 6) is 0.297. The van der Waals surface area contributed by atoms with Crippen LogP contribution in [-0.2, 0) is 17.6 Å². The molecule has 1 aliphatic rings. The smallest absolute Gasteiger partial charge is 0.419 e. The highest BCUT2D eigenvalue weighted by molar-refractivity contribution is 8.00. The fourth-order valence-electron chi connectivity index (χ4n) is 2.84. The van der Waals surface area contributed by atoms with Crippen LogP contribution in [-0.4, -0.2) is 58.1 Å².